The summed E-state index contributed by atoms with van der Waals surface area (Å²) >= 11 is 0. The first kappa shape index (κ1) is 17.3. The minimum atomic E-state index is -0.201. The molecule has 0 radical (unpaired) electrons. The van der Waals surface area contributed by atoms with Crippen LogP contribution in [-0.2, 0) is 4.79 Å². The first-order valence-corrected chi connectivity index (χ1v) is 10.1. The highest BCUT2D eigenvalue weighted by molar-refractivity contribution is 5.95. The van der Waals surface area contributed by atoms with E-state index in [0.717, 1.165) is 50.6 Å². The van der Waals surface area contributed by atoms with Crippen molar-refractivity contribution in [3.63, 3.8) is 0 Å². The summed E-state index contributed by atoms with van der Waals surface area (Å²) in [5.41, 5.74) is 2.60. The fourth-order valence-electron chi connectivity index (χ4n) is 3.56. The molecule has 3 N–H and O–H groups in total. The summed E-state index contributed by atoms with van der Waals surface area (Å²) in [4.78, 5) is 24.7. The third kappa shape index (κ3) is 3.37. The van der Waals surface area contributed by atoms with Crippen molar-refractivity contribution in [3.8, 4) is 17.0 Å². The smallest absolute Gasteiger partial charge is 0.342 e. The molecule has 3 saturated carbocycles. The zero-order valence-corrected chi connectivity index (χ0v) is 15.6. The van der Waals surface area contributed by atoms with Crippen molar-refractivity contribution in [1.29, 1.82) is 0 Å². The molecule has 2 aromatic rings. The molecule has 7 heteroatoms. The van der Waals surface area contributed by atoms with Gasteiger partial charge in [0.1, 0.15) is 5.75 Å². The number of nitrogens with one attached hydrogen (secondary N) is 2. The third-order valence-electron chi connectivity index (χ3n) is 5.85. The lowest BCUT2D eigenvalue weighted by molar-refractivity contribution is -0.117. The van der Waals surface area contributed by atoms with Gasteiger partial charge in [0.2, 0.25) is 5.91 Å². The number of phenolic OH excluding ortho intramolecular Hbond substituents is 1. The molecule has 0 aliphatic heterocycles. The minimum Gasteiger partial charge on any atom is -0.507 e. The van der Waals surface area contributed by atoms with Crippen molar-refractivity contribution in [3.05, 3.63) is 30.0 Å². The van der Waals surface area contributed by atoms with Gasteiger partial charge in [-0.05, 0) is 62.8 Å². The van der Waals surface area contributed by atoms with E-state index in [1.54, 1.807) is 18.2 Å². The third-order valence-corrected chi connectivity index (χ3v) is 5.85. The van der Waals surface area contributed by atoms with E-state index < -0.39 is 0 Å². The predicted octanol–water partition coefficient (Wildman–Crippen LogP) is 3.59. The molecular formula is C21H24N4O3. The first-order valence-electron chi connectivity index (χ1n) is 10.1. The van der Waals surface area contributed by atoms with Crippen LogP contribution in [0.3, 0.4) is 0 Å². The molecule has 0 spiro atoms. The maximum atomic E-state index is 12.7. The molecule has 1 aromatic carbocycles. The second-order valence-corrected chi connectivity index (χ2v) is 8.21. The molecule has 0 unspecified atom stereocenters. The molecule has 146 valence electrons. The Morgan fingerprint density at radius 3 is 2.50 bits per heavy atom. The second kappa shape index (κ2) is 6.65. The molecule has 3 fully saturated rings. The molecule has 0 atom stereocenters. The van der Waals surface area contributed by atoms with Gasteiger partial charge in [0.25, 0.3) is 0 Å². The predicted molar refractivity (Wildman–Crippen MR) is 104 cm³/mol. The second-order valence-electron chi connectivity index (χ2n) is 8.21. The van der Waals surface area contributed by atoms with E-state index in [0.29, 0.717) is 22.9 Å². The van der Waals surface area contributed by atoms with Crippen LogP contribution in [0.25, 0.3) is 11.3 Å². The minimum absolute atomic E-state index is 0.0149. The lowest BCUT2D eigenvalue weighted by atomic mass is 9.82. The number of phenols is 1. The van der Waals surface area contributed by atoms with Gasteiger partial charge in [0.05, 0.1) is 11.4 Å². The van der Waals surface area contributed by atoms with Crippen molar-refractivity contribution in [1.82, 2.24) is 15.1 Å². The van der Waals surface area contributed by atoms with E-state index in [4.69, 9.17) is 0 Å². The average molecular weight is 380 g/mol. The number of hydrogen-bond donors (Lipinski definition) is 3. The Balaban J connectivity index is 1.46. The van der Waals surface area contributed by atoms with E-state index in [1.165, 1.54) is 4.68 Å². The summed E-state index contributed by atoms with van der Waals surface area (Å²) in [5, 5.41) is 20.8. The van der Waals surface area contributed by atoms with Gasteiger partial charge >= 0.3 is 6.03 Å². The van der Waals surface area contributed by atoms with Crippen molar-refractivity contribution in [2.75, 3.05) is 5.32 Å². The number of anilines is 1. The monoisotopic (exact) mass is 380 g/mol. The maximum Gasteiger partial charge on any atom is 0.342 e. The normalized spacial score (nSPS) is 19.1. The summed E-state index contributed by atoms with van der Waals surface area (Å²) in [5.74, 6) is 0.525. The lowest BCUT2D eigenvalue weighted by Gasteiger charge is -2.25. The van der Waals surface area contributed by atoms with Crippen LogP contribution in [0.1, 0.15) is 56.6 Å². The molecule has 1 heterocycles. The van der Waals surface area contributed by atoms with E-state index in [2.05, 4.69) is 15.7 Å². The van der Waals surface area contributed by atoms with Gasteiger partial charge in [0.15, 0.2) is 0 Å². The van der Waals surface area contributed by atoms with Crippen LogP contribution in [-0.4, -0.2) is 32.9 Å². The molecule has 7 nitrogen and oxygen atoms in total. The number of aromatic hydroxyl groups is 1. The maximum absolute atomic E-state index is 12.7. The van der Waals surface area contributed by atoms with Crippen LogP contribution in [0.2, 0.25) is 0 Å². The number of hydrogen-bond acceptors (Lipinski definition) is 4. The highest BCUT2D eigenvalue weighted by atomic mass is 16.3. The van der Waals surface area contributed by atoms with E-state index in [-0.39, 0.29) is 29.6 Å². The Kier molecular flexibility index (Phi) is 4.10. The summed E-state index contributed by atoms with van der Waals surface area (Å²) in [6.07, 6.45) is 7.15. The molecule has 2 amide bonds. The average Bonchev–Trinajstić information content (AvgIpc) is 3.54. The number of carbonyl (C=O) groups is 2. The van der Waals surface area contributed by atoms with E-state index >= 15 is 0 Å². The van der Waals surface area contributed by atoms with Gasteiger partial charge in [-0.2, -0.15) is 9.78 Å². The van der Waals surface area contributed by atoms with Crippen LogP contribution in [0, 0.1) is 5.92 Å². The molecule has 5 rings (SSSR count). The zero-order chi connectivity index (χ0) is 19.3. The lowest BCUT2D eigenvalue weighted by Crippen LogP contribution is -2.33. The Bertz CT molecular complexity index is 939. The molecule has 0 saturated heterocycles. The van der Waals surface area contributed by atoms with Gasteiger partial charge in [0, 0.05) is 29.1 Å². The number of benzene rings is 1. The largest absolute Gasteiger partial charge is 0.507 e. The van der Waals surface area contributed by atoms with E-state index in [9.17, 15) is 14.7 Å². The van der Waals surface area contributed by atoms with Gasteiger partial charge in [-0.1, -0.05) is 6.42 Å². The Labute approximate surface area is 163 Å². The molecule has 1 aromatic heterocycles. The topological polar surface area (TPSA) is 96.2 Å². The number of rotatable bonds is 5. The summed E-state index contributed by atoms with van der Waals surface area (Å²) < 4.78 is 1.46. The summed E-state index contributed by atoms with van der Waals surface area (Å²) in [6, 6.07) is 6.92. The molecule has 3 aliphatic rings. The number of amides is 2. The highest BCUT2D eigenvalue weighted by Crippen LogP contribution is 2.40. The number of nitrogens with zero attached hydrogens (tertiary/aromatic N) is 2. The van der Waals surface area contributed by atoms with Crippen molar-refractivity contribution in [2.45, 2.75) is 56.9 Å². The molecule has 0 bridgehead atoms. The fourth-order valence-corrected chi connectivity index (χ4v) is 3.56. The van der Waals surface area contributed by atoms with Crippen molar-refractivity contribution in [2.24, 2.45) is 5.92 Å². The zero-order valence-electron chi connectivity index (χ0n) is 15.6. The summed E-state index contributed by atoms with van der Waals surface area (Å²) in [7, 11) is 0. The standard InChI is InChI=1S/C21H24N4O3/c26-19-9-8-15(22-20(27)13-4-5-13)10-16(19)17-11-18(12-2-1-3-12)25(24-17)21(28)23-14-6-7-14/h8-14,26H,1-7H2,(H,22,27)(H,23,28). The van der Waals surface area contributed by atoms with Gasteiger partial charge < -0.3 is 15.7 Å². The Hall–Kier alpha value is -2.83. The van der Waals surface area contributed by atoms with Gasteiger partial charge in [-0.25, -0.2) is 4.79 Å². The van der Waals surface area contributed by atoms with Crippen molar-refractivity contribution >= 4 is 17.6 Å². The molecule has 28 heavy (non-hydrogen) atoms. The van der Waals surface area contributed by atoms with Crippen LogP contribution in [0.5, 0.6) is 5.75 Å². The number of carbonyl (C=O) groups excluding carboxylic acids is 2. The number of aromatic nitrogens is 2. The van der Waals surface area contributed by atoms with Gasteiger partial charge in [-0.3, -0.25) is 4.79 Å². The Morgan fingerprint density at radius 2 is 1.86 bits per heavy atom. The van der Waals surface area contributed by atoms with Crippen LogP contribution >= 0.6 is 0 Å². The quantitative estimate of drug-likeness (QED) is 0.691. The first-order chi connectivity index (χ1) is 13.6. The van der Waals surface area contributed by atoms with Crippen LogP contribution in [0.15, 0.2) is 24.3 Å². The Morgan fingerprint density at radius 1 is 1.07 bits per heavy atom. The molecule has 3 aliphatic carbocycles. The molecular weight excluding hydrogens is 356 g/mol. The fraction of sp³-hybridized carbons (Fsp3) is 0.476. The highest BCUT2D eigenvalue weighted by Gasteiger charge is 2.31. The SMILES string of the molecule is O=C(Nc1ccc(O)c(-c2cc(C3CCC3)n(C(=O)NC3CC3)n2)c1)C1CC1. The van der Waals surface area contributed by atoms with Crippen LogP contribution < -0.4 is 10.6 Å². The van der Waals surface area contributed by atoms with Crippen LogP contribution in [0.4, 0.5) is 10.5 Å². The summed E-state index contributed by atoms with van der Waals surface area (Å²) in [6.45, 7) is 0. The van der Waals surface area contributed by atoms with Gasteiger partial charge in [-0.15, -0.1) is 0 Å². The van der Waals surface area contributed by atoms with Crippen molar-refractivity contribution < 1.29 is 14.7 Å². The van der Waals surface area contributed by atoms with E-state index in [1.807, 2.05) is 6.07 Å².